The van der Waals surface area contributed by atoms with E-state index in [1.165, 1.54) is 13.2 Å². The van der Waals surface area contributed by atoms with Crippen LogP contribution in [0.25, 0.3) is 0 Å². The van der Waals surface area contributed by atoms with Gasteiger partial charge in [-0.15, -0.1) is 0 Å². The van der Waals surface area contributed by atoms with Crippen LogP contribution in [-0.4, -0.2) is 23.6 Å². The summed E-state index contributed by atoms with van der Waals surface area (Å²) < 4.78 is 18.9. The van der Waals surface area contributed by atoms with Crippen LogP contribution in [0.4, 0.5) is 21.8 Å². The largest absolute Gasteiger partial charge is 0.497 e. The van der Waals surface area contributed by atoms with Crippen LogP contribution in [-0.2, 0) is 0 Å². The SMILES string of the molecule is CCNc1ncc(C)c(Nc2cc(OC)ccc2F)n1. The van der Waals surface area contributed by atoms with E-state index in [2.05, 4.69) is 20.6 Å². The van der Waals surface area contributed by atoms with Crippen LogP contribution in [0.1, 0.15) is 12.5 Å². The average molecular weight is 276 g/mol. The minimum atomic E-state index is -0.367. The van der Waals surface area contributed by atoms with Crippen molar-refractivity contribution in [2.75, 3.05) is 24.3 Å². The van der Waals surface area contributed by atoms with Crippen LogP contribution >= 0.6 is 0 Å². The first-order valence-corrected chi connectivity index (χ1v) is 6.32. The van der Waals surface area contributed by atoms with Crippen LogP contribution in [0.15, 0.2) is 24.4 Å². The standard InChI is InChI=1S/C14H17FN4O/c1-4-16-14-17-8-9(2)13(19-14)18-12-7-10(20-3)5-6-11(12)15/h5-8H,4H2,1-3H3,(H2,16,17,18,19). The van der Waals surface area contributed by atoms with Gasteiger partial charge in [0.25, 0.3) is 0 Å². The fourth-order valence-electron chi connectivity index (χ4n) is 1.67. The number of rotatable bonds is 5. The third kappa shape index (κ3) is 3.14. The Balaban J connectivity index is 2.31. The second kappa shape index (κ2) is 6.18. The van der Waals surface area contributed by atoms with Crippen molar-refractivity contribution in [3.05, 3.63) is 35.8 Å². The van der Waals surface area contributed by atoms with Crippen molar-refractivity contribution in [2.45, 2.75) is 13.8 Å². The summed E-state index contributed by atoms with van der Waals surface area (Å²) in [7, 11) is 1.54. The molecule has 0 aliphatic carbocycles. The molecule has 0 aliphatic rings. The third-order valence-electron chi connectivity index (χ3n) is 2.73. The van der Waals surface area contributed by atoms with Crippen molar-refractivity contribution in [3.8, 4) is 5.75 Å². The van der Waals surface area contributed by atoms with E-state index in [0.29, 0.717) is 23.2 Å². The van der Waals surface area contributed by atoms with E-state index in [1.54, 1.807) is 18.3 Å². The Morgan fingerprint density at radius 3 is 2.85 bits per heavy atom. The highest BCUT2D eigenvalue weighted by molar-refractivity contribution is 5.62. The van der Waals surface area contributed by atoms with E-state index in [0.717, 1.165) is 12.1 Å². The van der Waals surface area contributed by atoms with Crippen LogP contribution in [0.5, 0.6) is 5.75 Å². The van der Waals surface area contributed by atoms with Gasteiger partial charge in [-0.2, -0.15) is 4.98 Å². The predicted octanol–water partition coefficient (Wildman–Crippen LogP) is 3.11. The predicted molar refractivity (Wildman–Crippen MR) is 77.2 cm³/mol. The molecule has 1 aromatic carbocycles. The molecule has 106 valence electrons. The lowest BCUT2D eigenvalue weighted by Gasteiger charge is -2.12. The van der Waals surface area contributed by atoms with E-state index in [-0.39, 0.29) is 5.82 Å². The van der Waals surface area contributed by atoms with Crippen molar-refractivity contribution < 1.29 is 9.13 Å². The number of benzene rings is 1. The Bertz CT molecular complexity index is 604. The smallest absolute Gasteiger partial charge is 0.224 e. The molecule has 6 heteroatoms. The van der Waals surface area contributed by atoms with E-state index >= 15 is 0 Å². The van der Waals surface area contributed by atoms with E-state index in [4.69, 9.17) is 4.74 Å². The van der Waals surface area contributed by atoms with Gasteiger partial charge in [0.15, 0.2) is 0 Å². The number of halogens is 1. The van der Waals surface area contributed by atoms with Crippen molar-refractivity contribution >= 4 is 17.5 Å². The number of methoxy groups -OCH3 is 1. The van der Waals surface area contributed by atoms with Crippen molar-refractivity contribution in [3.63, 3.8) is 0 Å². The van der Waals surface area contributed by atoms with Crippen LogP contribution in [0.3, 0.4) is 0 Å². The molecule has 1 aromatic heterocycles. The second-order valence-corrected chi connectivity index (χ2v) is 4.23. The molecule has 0 unspecified atom stereocenters. The number of hydrogen-bond acceptors (Lipinski definition) is 5. The molecule has 2 rings (SSSR count). The fraction of sp³-hybridized carbons (Fsp3) is 0.286. The summed E-state index contributed by atoms with van der Waals surface area (Å²) in [5, 5.41) is 5.99. The molecule has 2 N–H and O–H groups in total. The molecule has 0 amide bonds. The molecule has 0 aliphatic heterocycles. The summed E-state index contributed by atoms with van der Waals surface area (Å²) in [6.07, 6.45) is 1.69. The number of nitrogens with zero attached hydrogens (tertiary/aromatic N) is 2. The number of aromatic nitrogens is 2. The van der Waals surface area contributed by atoms with Crippen molar-refractivity contribution in [1.82, 2.24) is 9.97 Å². The van der Waals surface area contributed by atoms with Gasteiger partial charge in [-0.3, -0.25) is 0 Å². The average Bonchev–Trinajstić information content (AvgIpc) is 2.45. The highest BCUT2D eigenvalue weighted by atomic mass is 19.1. The number of nitrogens with one attached hydrogen (secondary N) is 2. The summed E-state index contributed by atoms with van der Waals surface area (Å²) in [4.78, 5) is 8.46. The first-order chi connectivity index (χ1) is 9.63. The molecule has 0 radical (unpaired) electrons. The number of hydrogen-bond donors (Lipinski definition) is 2. The topological polar surface area (TPSA) is 59.1 Å². The molecule has 20 heavy (non-hydrogen) atoms. The summed E-state index contributed by atoms with van der Waals surface area (Å²) in [6, 6.07) is 4.50. The van der Waals surface area contributed by atoms with Gasteiger partial charge in [-0.25, -0.2) is 9.37 Å². The van der Waals surface area contributed by atoms with Gasteiger partial charge in [-0.1, -0.05) is 0 Å². The zero-order chi connectivity index (χ0) is 14.5. The Hall–Kier alpha value is -2.37. The second-order valence-electron chi connectivity index (χ2n) is 4.23. The van der Waals surface area contributed by atoms with Gasteiger partial charge in [0.1, 0.15) is 17.4 Å². The van der Waals surface area contributed by atoms with Gasteiger partial charge < -0.3 is 15.4 Å². The van der Waals surface area contributed by atoms with E-state index in [1.807, 2.05) is 13.8 Å². The molecular formula is C14H17FN4O. The number of anilines is 3. The van der Waals surface area contributed by atoms with Gasteiger partial charge in [-0.05, 0) is 26.0 Å². The quantitative estimate of drug-likeness (QED) is 0.878. The molecule has 0 fully saturated rings. The molecule has 5 nitrogen and oxygen atoms in total. The zero-order valence-corrected chi connectivity index (χ0v) is 11.7. The Labute approximate surface area is 117 Å². The van der Waals surface area contributed by atoms with E-state index < -0.39 is 0 Å². The maximum Gasteiger partial charge on any atom is 0.224 e. The molecule has 0 atom stereocenters. The van der Waals surface area contributed by atoms with Crippen LogP contribution in [0, 0.1) is 12.7 Å². The lowest BCUT2D eigenvalue weighted by atomic mass is 10.2. The van der Waals surface area contributed by atoms with Crippen molar-refractivity contribution in [2.24, 2.45) is 0 Å². The summed E-state index contributed by atoms with van der Waals surface area (Å²) in [6.45, 7) is 4.53. The number of aryl methyl sites for hydroxylation is 1. The fourth-order valence-corrected chi connectivity index (χ4v) is 1.67. The lowest BCUT2D eigenvalue weighted by Crippen LogP contribution is -2.06. The number of ether oxygens (including phenoxy) is 1. The Morgan fingerprint density at radius 1 is 1.35 bits per heavy atom. The summed E-state index contributed by atoms with van der Waals surface area (Å²) in [5.41, 5.74) is 1.14. The highest BCUT2D eigenvalue weighted by Crippen LogP contribution is 2.25. The zero-order valence-electron chi connectivity index (χ0n) is 11.7. The molecule has 1 heterocycles. The van der Waals surface area contributed by atoms with Gasteiger partial charge >= 0.3 is 0 Å². The minimum Gasteiger partial charge on any atom is -0.497 e. The molecular weight excluding hydrogens is 259 g/mol. The monoisotopic (exact) mass is 276 g/mol. The van der Waals surface area contributed by atoms with Crippen LogP contribution in [0.2, 0.25) is 0 Å². The lowest BCUT2D eigenvalue weighted by molar-refractivity contribution is 0.414. The Kier molecular flexibility index (Phi) is 4.34. The highest BCUT2D eigenvalue weighted by Gasteiger charge is 2.08. The molecule has 0 bridgehead atoms. The van der Waals surface area contributed by atoms with Gasteiger partial charge in [0.2, 0.25) is 5.95 Å². The first-order valence-electron chi connectivity index (χ1n) is 6.32. The Morgan fingerprint density at radius 2 is 2.15 bits per heavy atom. The minimum absolute atomic E-state index is 0.314. The van der Waals surface area contributed by atoms with Gasteiger partial charge in [0.05, 0.1) is 12.8 Å². The van der Waals surface area contributed by atoms with Crippen LogP contribution < -0.4 is 15.4 Å². The maximum absolute atomic E-state index is 13.8. The normalized spacial score (nSPS) is 10.2. The molecule has 0 saturated heterocycles. The third-order valence-corrected chi connectivity index (χ3v) is 2.73. The van der Waals surface area contributed by atoms with Gasteiger partial charge in [0, 0.05) is 24.4 Å². The molecule has 0 spiro atoms. The molecule has 2 aromatic rings. The van der Waals surface area contributed by atoms with E-state index in [9.17, 15) is 4.39 Å². The molecule has 0 saturated carbocycles. The van der Waals surface area contributed by atoms with Crippen molar-refractivity contribution in [1.29, 1.82) is 0 Å². The summed E-state index contributed by atoms with van der Waals surface area (Å²) in [5.74, 6) is 1.27. The maximum atomic E-state index is 13.8. The first kappa shape index (κ1) is 14.0. The summed E-state index contributed by atoms with van der Waals surface area (Å²) >= 11 is 0.